The second kappa shape index (κ2) is 8.91. The van der Waals surface area contributed by atoms with E-state index in [2.05, 4.69) is 4.99 Å². The zero-order valence-electron chi connectivity index (χ0n) is 15.0. The first-order valence-corrected chi connectivity index (χ1v) is 9.73. The summed E-state index contributed by atoms with van der Waals surface area (Å²) in [6, 6.07) is 15.8. The Labute approximate surface area is 172 Å². The Hall–Kier alpha value is -2.83. The fourth-order valence-corrected chi connectivity index (χ4v) is 3.89. The molecule has 28 heavy (non-hydrogen) atoms. The van der Waals surface area contributed by atoms with Crippen LogP contribution >= 0.6 is 23.4 Å². The lowest BCUT2D eigenvalue weighted by atomic mass is 10.2. The molecule has 0 radical (unpaired) electrons. The number of carbonyl (C=O) groups is 2. The molecule has 0 saturated carbocycles. The first-order chi connectivity index (χ1) is 13.5. The first kappa shape index (κ1) is 19.9. The summed E-state index contributed by atoms with van der Waals surface area (Å²) < 4.78 is 0. The van der Waals surface area contributed by atoms with Gasteiger partial charge in [-0.05, 0) is 60.7 Å². The van der Waals surface area contributed by atoms with Crippen LogP contribution in [0.3, 0.4) is 0 Å². The summed E-state index contributed by atoms with van der Waals surface area (Å²) in [4.78, 5) is 30.2. The van der Waals surface area contributed by atoms with Crippen LogP contribution in [0.5, 0.6) is 0 Å². The SMILES string of the molecule is CCN1C(=O)/C(=C/C(Cl)=C/c2ccccc2)SC1=Nc1ccc(C(=O)O)cc1. The number of benzene rings is 2. The highest BCUT2D eigenvalue weighted by atomic mass is 35.5. The monoisotopic (exact) mass is 412 g/mol. The van der Waals surface area contributed by atoms with E-state index in [0.717, 1.165) is 5.56 Å². The van der Waals surface area contributed by atoms with Crippen LogP contribution in [0.1, 0.15) is 22.8 Å². The Morgan fingerprint density at radius 1 is 1.18 bits per heavy atom. The number of aliphatic imine (C=N–C) groups is 1. The standard InChI is InChI=1S/C21H17ClN2O3S/c1-2-24-19(25)18(13-16(22)12-14-6-4-3-5-7-14)28-21(24)23-17-10-8-15(9-11-17)20(26)27/h3-13H,2H2,1H3,(H,26,27)/b16-12-,18-13-,23-21?. The molecule has 1 amide bonds. The predicted octanol–water partition coefficient (Wildman–Crippen LogP) is 5.13. The van der Waals surface area contributed by atoms with E-state index in [-0.39, 0.29) is 11.5 Å². The number of carboxylic acid groups (broad SMARTS) is 1. The number of carbonyl (C=O) groups excluding carboxylic acids is 1. The highest BCUT2D eigenvalue weighted by Crippen LogP contribution is 2.34. The summed E-state index contributed by atoms with van der Waals surface area (Å²) in [5.74, 6) is -1.15. The molecular formula is C21H17ClN2O3S. The molecule has 2 aromatic carbocycles. The molecule has 0 atom stereocenters. The smallest absolute Gasteiger partial charge is 0.335 e. The highest BCUT2D eigenvalue weighted by molar-refractivity contribution is 8.18. The molecule has 0 spiro atoms. The molecule has 1 N–H and O–H groups in total. The van der Waals surface area contributed by atoms with Crippen LogP contribution in [-0.2, 0) is 4.79 Å². The number of likely N-dealkylation sites (N-methyl/N-ethyl adjacent to an activating group) is 1. The van der Waals surface area contributed by atoms with Crippen molar-refractivity contribution in [3.8, 4) is 0 Å². The molecule has 0 aliphatic carbocycles. The topological polar surface area (TPSA) is 70.0 Å². The van der Waals surface area contributed by atoms with Crippen molar-refractivity contribution in [2.75, 3.05) is 6.54 Å². The minimum atomic E-state index is -0.995. The van der Waals surface area contributed by atoms with Crippen LogP contribution in [0.4, 0.5) is 5.69 Å². The summed E-state index contributed by atoms with van der Waals surface area (Å²) in [7, 11) is 0. The number of amidine groups is 1. The fraction of sp³-hybridized carbons (Fsp3) is 0.0952. The predicted molar refractivity (Wildman–Crippen MR) is 114 cm³/mol. The lowest BCUT2D eigenvalue weighted by molar-refractivity contribution is -0.122. The Morgan fingerprint density at radius 3 is 2.46 bits per heavy atom. The molecule has 1 aliphatic rings. The number of halogens is 1. The van der Waals surface area contributed by atoms with Crippen LogP contribution in [0.25, 0.3) is 6.08 Å². The van der Waals surface area contributed by atoms with Gasteiger partial charge >= 0.3 is 5.97 Å². The average molecular weight is 413 g/mol. The molecule has 1 aliphatic heterocycles. The third kappa shape index (κ3) is 4.71. The van der Waals surface area contributed by atoms with Gasteiger partial charge in [0.1, 0.15) is 0 Å². The quantitative estimate of drug-likeness (QED) is 0.691. The second-order valence-electron chi connectivity index (χ2n) is 5.85. The Balaban J connectivity index is 1.85. The van der Waals surface area contributed by atoms with E-state index in [1.54, 1.807) is 29.2 Å². The van der Waals surface area contributed by atoms with Gasteiger partial charge in [-0.3, -0.25) is 9.69 Å². The summed E-state index contributed by atoms with van der Waals surface area (Å²) >= 11 is 7.55. The van der Waals surface area contributed by atoms with Gasteiger partial charge in [-0.25, -0.2) is 9.79 Å². The zero-order valence-corrected chi connectivity index (χ0v) is 16.6. The summed E-state index contributed by atoms with van der Waals surface area (Å²) in [6.45, 7) is 2.33. The van der Waals surface area contributed by atoms with E-state index in [0.29, 0.717) is 27.3 Å². The van der Waals surface area contributed by atoms with Gasteiger partial charge in [-0.15, -0.1) is 0 Å². The van der Waals surface area contributed by atoms with Gasteiger partial charge in [-0.1, -0.05) is 41.9 Å². The van der Waals surface area contributed by atoms with Crippen molar-refractivity contribution in [1.29, 1.82) is 0 Å². The number of nitrogens with zero attached hydrogens (tertiary/aromatic N) is 2. The number of allylic oxidation sites excluding steroid dienone is 2. The van der Waals surface area contributed by atoms with Crippen molar-refractivity contribution in [2.45, 2.75) is 6.92 Å². The summed E-state index contributed by atoms with van der Waals surface area (Å²) in [6.07, 6.45) is 3.43. The van der Waals surface area contributed by atoms with Crippen molar-refractivity contribution >= 4 is 52.2 Å². The fourth-order valence-electron chi connectivity index (χ4n) is 2.53. The molecule has 1 saturated heterocycles. The molecule has 142 valence electrons. The third-order valence-corrected chi connectivity index (χ3v) is 5.14. The van der Waals surface area contributed by atoms with E-state index in [4.69, 9.17) is 16.7 Å². The molecule has 0 aromatic heterocycles. The van der Waals surface area contributed by atoms with Crippen LogP contribution in [-0.4, -0.2) is 33.6 Å². The number of hydrogen-bond donors (Lipinski definition) is 1. The van der Waals surface area contributed by atoms with E-state index < -0.39 is 5.97 Å². The summed E-state index contributed by atoms with van der Waals surface area (Å²) in [5, 5.41) is 9.96. The maximum Gasteiger partial charge on any atom is 0.335 e. The molecular weight excluding hydrogens is 396 g/mol. The number of aromatic carboxylic acids is 1. The maximum atomic E-state index is 12.7. The Bertz CT molecular complexity index is 982. The molecule has 0 unspecified atom stereocenters. The van der Waals surface area contributed by atoms with Gasteiger partial charge in [0.2, 0.25) is 0 Å². The van der Waals surface area contributed by atoms with Crippen molar-refractivity contribution in [3.05, 3.63) is 81.7 Å². The molecule has 2 aromatic rings. The molecule has 1 fully saturated rings. The average Bonchev–Trinajstić information content (AvgIpc) is 2.97. The van der Waals surface area contributed by atoms with Gasteiger partial charge in [0.25, 0.3) is 5.91 Å². The molecule has 3 rings (SSSR count). The molecule has 1 heterocycles. The number of hydrogen-bond acceptors (Lipinski definition) is 4. The number of amides is 1. The number of rotatable bonds is 5. The van der Waals surface area contributed by atoms with Crippen molar-refractivity contribution in [3.63, 3.8) is 0 Å². The highest BCUT2D eigenvalue weighted by Gasteiger charge is 2.32. The van der Waals surface area contributed by atoms with Gasteiger partial charge < -0.3 is 5.11 Å². The van der Waals surface area contributed by atoms with E-state index in [1.165, 1.54) is 23.9 Å². The second-order valence-corrected chi connectivity index (χ2v) is 7.29. The zero-order chi connectivity index (χ0) is 20.1. The molecule has 7 heteroatoms. The minimum Gasteiger partial charge on any atom is -0.478 e. The number of thioether (sulfide) groups is 1. The van der Waals surface area contributed by atoms with Crippen molar-refractivity contribution in [1.82, 2.24) is 4.90 Å². The first-order valence-electron chi connectivity index (χ1n) is 8.53. The lowest BCUT2D eigenvalue weighted by Gasteiger charge is -2.11. The van der Waals surface area contributed by atoms with Gasteiger partial charge in [0.15, 0.2) is 5.17 Å². The Morgan fingerprint density at radius 2 is 1.86 bits per heavy atom. The van der Waals surface area contributed by atoms with Crippen molar-refractivity contribution < 1.29 is 14.7 Å². The lowest BCUT2D eigenvalue weighted by Crippen LogP contribution is -2.28. The van der Waals surface area contributed by atoms with Gasteiger partial charge in [-0.2, -0.15) is 0 Å². The van der Waals surface area contributed by atoms with Crippen LogP contribution in [0.15, 0.2) is 75.6 Å². The van der Waals surface area contributed by atoms with Crippen LogP contribution in [0.2, 0.25) is 0 Å². The summed E-state index contributed by atoms with van der Waals surface area (Å²) in [5.41, 5.74) is 1.70. The maximum absolute atomic E-state index is 12.7. The molecule has 0 bridgehead atoms. The van der Waals surface area contributed by atoms with Crippen LogP contribution < -0.4 is 0 Å². The van der Waals surface area contributed by atoms with Crippen molar-refractivity contribution in [2.24, 2.45) is 4.99 Å². The Kier molecular flexibility index (Phi) is 6.34. The van der Waals surface area contributed by atoms with Crippen LogP contribution in [0, 0.1) is 0 Å². The van der Waals surface area contributed by atoms with E-state index >= 15 is 0 Å². The molecule has 5 nitrogen and oxygen atoms in total. The van der Waals surface area contributed by atoms with Gasteiger partial charge in [0, 0.05) is 11.6 Å². The van der Waals surface area contributed by atoms with Gasteiger partial charge in [0.05, 0.1) is 16.2 Å². The minimum absolute atomic E-state index is 0.159. The van der Waals surface area contributed by atoms with E-state index in [1.807, 2.05) is 37.3 Å². The number of carboxylic acids is 1. The third-order valence-electron chi connectivity index (χ3n) is 3.92. The largest absolute Gasteiger partial charge is 0.478 e. The normalized spacial score (nSPS) is 17.6. The van der Waals surface area contributed by atoms with E-state index in [9.17, 15) is 9.59 Å².